The number of ether oxygens (including phenoxy) is 1. The molecule has 3 aromatic rings. The molecule has 2 aromatic carbocycles. The Morgan fingerprint density at radius 3 is 2.62 bits per heavy atom. The van der Waals surface area contributed by atoms with E-state index in [1.165, 1.54) is 13.2 Å². The fraction of sp³-hybridized carbons (Fsp3) is 0.118. The molecule has 0 fully saturated rings. The number of methoxy groups -OCH3 is 1. The van der Waals surface area contributed by atoms with Crippen LogP contribution in [-0.2, 0) is 10.9 Å². The Kier molecular flexibility index (Phi) is 3.92. The van der Waals surface area contributed by atoms with Crippen molar-refractivity contribution in [3.05, 3.63) is 60.0 Å². The van der Waals surface area contributed by atoms with Crippen molar-refractivity contribution in [1.29, 1.82) is 0 Å². The summed E-state index contributed by atoms with van der Waals surface area (Å²) in [6.45, 7) is 0. The summed E-state index contributed by atoms with van der Waals surface area (Å²) in [6, 6.07) is 11.4. The second-order valence-electron chi connectivity index (χ2n) is 5.00. The number of rotatable bonds is 2. The Labute approximate surface area is 134 Å². The number of halogens is 3. The zero-order valence-corrected chi connectivity index (χ0v) is 12.5. The summed E-state index contributed by atoms with van der Waals surface area (Å²) in [6.07, 6.45) is -3.56. The number of benzene rings is 2. The van der Waals surface area contributed by atoms with E-state index in [0.29, 0.717) is 16.5 Å². The average molecular weight is 332 g/mol. The second-order valence-corrected chi connectivity index (χ2v) is 5.00. The van der Waals surface area contributed by atoms with E-state index < -0.39 is 18.0 Å². The maximum absolute atomic E-state index is 12.8. The van der Waals surface area contributed by atoms with Crippen LogP contribution in [0.2, 0.25) is 0 Å². The van der Waals surface area contributed by atoms with Gasteiger partial charge in [-0.15, -0.1) is 0 Å². The predicted octanol–water partition coefficient (Wildman–Crippen LogP) is 4.10. The summed E-state index contributed by atoms with van der Waals surface area (Å²) >= 11 is 0. The molecule has 0 atom stereocenters. The molecule has 0 spiro atoms. The molecule has 1 heterocycles. The summed E-state index contributed by atoms with van der Waals surface area (Å²) in [5, 5.41) is 1.37. The lowest BCUT2D eigenvalue weighted by Gasteiger charge is -2.10. The van der Waals surface area contributed by atoms with E-state index in [-0.39, 0.29) is 5.69 Å². The first kappa shape index (κ1) is 15.9. The average Bonchev–Trinajstić information content (AvgIpc) is 2.59. The molecule has 122 valence electrons. The van der Waals surface area contributed by atoms with Crippen LogP contribution in [0.15, 0.2) is 48.7 Å². The highest BCUT2D eigenvalue weighted by molar-refractivity contribution is 6.01. The van der Waals surface area contributed by atoms with Gasteiger partial charge in [0.1, 0.15) is 0 Å². The molecule has 0 bridgehead atoms. The standard InChI is InChI=1S/C17H11F3N2O2/c1-24-15(23)11-6-5-10-3-2-4-12(13(10)9-11)14-7-8-21-16(22-14)17(18,19)20/h2-9H,1H3. The maximum Gasteiger partial charge on any atom is 0.451 e. The highest BCUT2D eigenvalue weighted by Crippen LogP contribution is 2.31. The van der Waals surface area contributed by atoms with Crippen molar-refractivity contribution in [3.63, 3.8) is 0 Å². The van der Waals surface area contributed by atoms with Crippen LogP contribution < -0.4 is 0 Å². The lowest BCUT2D eigenvalue weighted by molar-refractivity contribution is -0.144. The van der Waals surface area contributed by atoms with Crippen LogP contribution in [0, 0.1) is 0 Å². The van der Waals surface area contributed by atoms with Gasteiger partial charge in [0.2, 0.25) is 5.82 Å². The second kappa shape index (κ2) is 5.92. The van der Waals surface area contributed by atoms with Crippen molar-refractivity contribution in [1.82, 2.24) is 9.97 Å². The highest BCUT2D eigenvalue weighted by atomic mass is 19.4. The topological polar surface area (TPSA) is 52.1 Å². The van der Waals surface area contributed by atoms with Crippen LogP contribution in [-0.4, -0.2) is 23.0 Å². The number of carbonyl (C=O) groups is 1. The molecule has 0 saturated heterocycles. The van der Waals surface area contributed by atoms with E-state index in [9.17, 15) is 18.0 Å². The van der Waals surface area contributed by atoms with Crippen molar-refractivity contribution in [2.75, 3.05) is 7.11 Å². The quantitative estimate of drug-likeness (QED) is 0.663. The van der Waals surface area contributed by atoms with Gasteiger partial charge < -0.3 is 4.74 Å². The molecule has 0 radical (unpaired) electrons. The van der Waals surface area contributed by atoms with Crippen molar-refractivity contribution in [2.45, 2.75) is 6.18 Å². The molecule has 0 aliphatic rings. The van der Waals surface area contributed by atoms with Gasteiger partial charge in [0, 0.05) is 11.8 Å². The third kappa shape index (κ3) is 2.92. The van der Waals surface area contributed by atoms with Gasteiger partial charge in [0.05, 0.1) is 18.4 Å². The smallest absolute Gasteiger partial charge is 0.451 e. The number of hydrogen-bond donors (Lipinski definition) is 0. The van der Waals surface area contributed by atoms with Gasteiger partial charge >= 0.3 is 12.1 Å². The molecule has 0 N–H and O–H groups in total. The normalized spacial score (nSPS) is 11.5. The maximum atomic E-state index is 12.8. The summed E-state index contributed by atoms with van der Waals surface area (Å²) in [5.41, 5.74) is 0.915. The molecule has 1 aromatic heterocycles. The van der Waals surface area contributed by atoms with Crippen LogP contribution in [0.1, 0.15) is 16.2 Å². The number of fused-ring (bicyclic) bond motifs is 1. The van der Waals surface area contributed by atoms with E-state index >= 15 is 0 Å². The fourth-order valence-electron chi connectivity index (χ4n) is 2.39. The van der Waals surface area contributed by atoms with Gasteiger partial charge in [-0.1, -0.05) is 24.3 Å². The van der Waals surface area contributed by atoms with Gasteiger partial charge in [0.25, 0.3) is 0 Å². The van der Waals surface area contributed by atoms with E-state index in [1.54, 1.807) is 36.4 Å². The number of alkyl halides is 3. The molecule has 0 amide bonds. The third-order valence-electron chi connectivity index (χ3n) is 3.49. The van der Waals surface area contributed by atoms with Crippen molar-refractivity contribution in [3.8, 4) is 11.3 Å². The van der Waals surface area contributed by atoms with Crippen LogP contribution in [0.25, 0.3) is 22.0 Å². The fourth-order valence-corrected chi connectivity index (χ4v) is 2.39. The molecule has 3 rings (SSSR count). The Bertz CT molecular complexity index is 923. The number of aromatic nitrogens is 2. The first-order chi connectivity index (χ1) is 11.4. The summed E-state index contributed by atoms with van der Waals surface area (Å²) in [4.78, 5) is 18.6. The third-order valence-corrected chi connectivity index (χ3v) is 3.49. The van der Waals surface area contributed by atoms with Crippen LogP contribution in [0.5, 0.6) is 0 Å². The summed E-state index contributed by atoms with van der Waals surface area (Å²) in [5.74, 6) is -1.73. The number of esters is 1. The number of nitrogens with zero attached hydrogens (tertiary/aromatic N) is 2. The molecular weight excluding hydrogens is 321 g/mol. The molecular formula is C17H11F3N2O2. The van der Waals surface area contributed by atoms with Crippen molar-refractivity contribution < 1.29 is 22.7 Å². The SMILES string of the molecule is COC(=O)c1ccc2cccc(-c3ccnc(C(F)(F)F)n3)c2c1. The predicted molar refractivity (Wildman–Crippen MR) is 81.3 cm³/mol. The van der Waals surface area contributed by atoms with Gasteiger partial charge in [-0.3, -0.25) is 0 Å². The first-order valence-corrected chi connectivity index (χ1v) is 6.92. The monoisotopic (exact) mass is 332 g/mol. The van der Waals surface area contributed by atoms with Gasteiger partial charge in [0.15, 0.2) is 0 Å². The minimum Gasteiger partial charge on any atom is -0.465 e. The zero-order valence-electron chi connectivity index (χ0n) is 12.5. The van der Waals surface area contributed by atoms with Crippen LogP contribution in [0.3, 0.4) is 0 Å². The summed E-state index contributed by atoms with van der Waals surface area (Å²) in [7, 11) is 1.26. The van der Waals surface area contributed by atoms with Gasteiger partial charge in [-0.2, -0.15) is 13.2 Å². The Morgan fingerprint density at radius 2 is 1.92 bits per heavy atom. The van der Waals surface area contributed by atoms with Crippen molar-refractivity contribution in [2.24, 2.45) is 0 Å². The van der Waals surface area contributed by atoms with Crippen molar-refractivity contribution >= 4 is 16.7 Å². The Hall–Kier alpha value is -2.96. The molecule has 0 saturated carbocycles. The lowest BCUT2D eigenvalue weighted by atomic mass is 9.99. The molecule has 0 unspecified atom stereocenters. The van der Waals surface area contributed by atoms with Crippen LogP contribution in [0.4, 0.5) is 13.2 Å². The van der Waals surface area contributed by atoms with E-state index in [2.05, 4.69) is 14.7 Å². The lowest BCUT2D eigenvalue weighted by Crippen LogP contribution is -2.11. The Balaban J connectivity index is 2.21. The van der Waals surface area contributed by atoms with E-state index in [1.807, 2.05) is 0 Å². The molecule has 24 heavy (non-hydrogen) atoms. The number of carbonyl (C=O) groups excluding carboxylic acids is 1. The Morgan fingerprint density at radius 1 is 1.12 bits per heavy atom. The highest BCUT2D eigenvalue weighted by Gasteiger charge is 2.34. The van der Waals surface area contributed by atoms with Crippen LogP contribution >= 0.6 is 0 Å². The van der Waals surface area contributed by atoms with E-state index in [4.69, 9.17) is 0 Å². The van der Waals surface area contributed by atoms with E-state index in [0.717, 1.165) is 11.6 Å². The first-order valence-electron chi connectivity index (χ1n) is 6.92. The molecule has 0 aliphatic heterocycles. The molecule has 4 nitrogen and oxygen atoms in total. The summed E-state index contributed by atoms with van der Waals surface area (Å²) < 4.78 is 43.2. The van der Waals surface area contributed by atoms with Gasteiger partial charge in [-0.05, 0) is 29.0 Å². The number of hydrogen-bond acceptors (Lipinski definition) is 4. The zero-order chi connectivity index (χ0) is 17.3. The van der Waals surface area contributed by atoms with Gasteiger partial charge in [-0.25, -0.2) is 14.8 Å². The molecule has 0 aliphatic carbocycles. The molecule has 7 heteroatoms. The minimum atomic E-state index is -4.63. The largest absolute Gasteiger partial charge is 0.465 e. The minimum absolute atomic E-state index is 0.130.